The summed E-state index contributed by atoms with van der Waals surface area (Å²) >= 11 is 0. The number of amidine groups is 1. The van der Waals surface area contributed by atoms with Gasteiger partial charge in [0.05, 0.1) is 35.7 Å². The van der Waals surface area contributed by atoms with Gasteiger partial charge in [0.2, 0.25) is 0 Å². The molecule has 3 aliphatic heterocycles. The van der Waals surface area contributed by atoms with E-state index in [0.29, 0.717) is 12.6 Å². The van der Waals surface area contributed by atoms with Crippen LogP contribution in [0.2, 0.25) is 0 Å². The van der Waals surface area contributed by atoms with E-state index in [4.69, 9.17) is 14.7 Å². The zero-order chi connectivity index (χ0) is 28.1. The zero-order valence-corrected chi connectivity index (χ0v) is 24.0. The van der Waals surface area contributed by atoms with Gasteiger partial charge >= 0.3 is 6.09 Å². The predicted molar refractivity (Wildman–Crippen MR) is 163 cm³/mol. The second-order valence-electron chi connectivity index (χ2n) is 12.6. The second-order valence-corrected chi connectivity index (χ2v) is 12.6. The number of nitrogens with zero attached hydrogens (tertiary/aromatic N) is 3. The van der Waals surface area contributed by atoms with Crippen LogP contribution in [0.4, 0.5) is 4.79 Å². The van der Waals surface area contributed by atoms with Crippen molar-refractivity contribution in [2.75, 3.05) is 19.6 Å². The molecule has 3 aromatic carbocycles. The Kier molecular flexibility index (Phi) is 6.46. The minimum absolute atomic E-state index is 0.0965. The lowest BCUT2D eigenvalue weighted by Crippen LogP contribution is -2.38. The monoisotopic (exact) mass is 550 g/mol. The molecule has 8 nitrogen and oxygen atoms in total. The third-order valence-corrected chi connectivity index (χ3v) is 8.45. The van der Waals surface area contributed by atoms with Crippen LogP contribution in [0.5, 0.6) is 0 Å². The number of aliphatic imine (C=N–C) groups is 1. The van der Waals surface area contributed by atoms with Crippen LogP contribution >= 0.6 is 0 Å². The number of nitrogens with one attached hydrogen (secondary N) is 3. The molecule has 4 aromatic rings. The van der Waals surface area contributed by atoms with E-state index in [1.165, 1.54) is 22.8 Å². The number of carbonyl (C=O) groups excluding carboxylic acids is 1. The molecule has 3 aliphatic rings. The molecule has 0 radical (unpaired) electrons. The first-order valence-electron chi connectivity index (χ1n) is 14.9. The summed E-state index contributed by atoms with van der Waals surface area (Å²) in [6.45, 7) is 8.25. The molecule has 2 saturated heterocycles. The van der Waals surface area contributed by atoms with E-state index in [1.807, 2.05) is 20.8 Å². The normalized spacial score (nSPS) is 22.9. The highest BCUT2D eigenvalue weighted by Gasteiger charge is 2.35. The number of rotatable bonds is 4. The van der Waals surface area contributed by atoms with Crippen molar-refractivity contribution in [3.05, 3.63) is 66.0 Å². The van der Waals surface area contributed by atoms with Gasteiger partial charge in [-0.2, -0.15) is 0 Å². The summed E-state index contributed by atoms with van der Waals surface area (Å²) < 4.78 is 5.65. The maximum absolute atomic E-state index is 12.8. The largest absolute Gasteiger partial charge is 0.444 e. The number of amides is 1. The fourth-order valence-electron chi connectivity index (χ4n) is 6.39. The Morgan fingerprint density at radius 3 is 2.59 bits per heavy atom. The number of H-pyrrole nitrogens is 1. The highest BCUT2D eigenvalue weighted by Crippen LogP contribution is 2.34. The fraction of sp³-hybridized carbons (Fsp3) is 0.424. The Morgan fingerprint density at radius 1 is 0.951 bits per heavy atom. The van der Waals surface area contributed by atoms with Crippen molar-refractivity contribution >= 4 is 33.7 Å². The SMILES string of the molecule is CC(C)(C)OC(=O)N1CCC[C@H]1c1nc2ccc(-c3ccc4cc(C5CN=C([C@@H]6CCCN6)N5)ccc4c3)cc2[nH]1. The molecule has 0 saturated carbocycles. The van der Waals surface area contributed by atoms with Crippen molar-refractivity contribution in [1.29, 1.82) is 0 Å². The summed E-state index contributed by atoms with van der Waals surface area (Å²) in [5.41, 5.74) is 4.94. The highest BCUT2D eigenvalue weighted by molar-refractivity contribution is 5.91. The van der Waals surface area contributed by atoms with Crippen LogP contribution in [-0.2, 0) is 4.74 Å². The minimum atomic E-state index is -0.521. The van der Waals surface area contributed by atoms with Gasteiger partial charge in [0.25, 0.3) is 0 Å². The molecule has 0 aliphatic carbocycles. The van der Waals surface area contributed by atoms with Gasteiger partial charge in [0.15, 0.2) is 0 Å². The highest BCUT2D eigenvalue weighted by atomic mass is 16.6. The summed E-state index contributed by atoms with van der Waals surface area (Å²) in [5.74, 6) is 1.94. The molecule has 1 unspecified atom stereocenters. The number of likely N-dealkylation sites (tertiary alicyclic amines) is 1. The summed E-state index contributed by atoms with van der Waals surface area (Å²) in [6.07, 6.45) is 3.92. The Labute approximate surface area is 240 Å². The molecule has 7 rings (SSSR count). The first-order valence-corrected chi connectivity index (χ1v) is 14.9. The van der Waals surface area contributed by atoms with Gasteiger partial charge in [0.1, 0.15) is 17.3 Å². The lowest BCUT2D eigenvalue weighted by molar-refractivity contribution is 0.0219. The quantitative estimate of drug-likeness (QED) is 0.279. The van der Waals surface area contributed by atoms with E-state index in [2.05, 4.69) is 70.2 Å². The molecule has 3 atom stereocenters. The van der Waals surface area contributed by atoms with E-state index in [0.717, 1.165) is 66.2 Å². The average Bonchev–Trinajstić information content (AvgIpc) is 3.77. The maximum Gasteiger partial charge on any atom is 0.410 e. The third kappa shape index (κ3) is 5.17. The second kappa shape index (κ2) is 10.2. The maximum atomic E-state index is 12.8. The predicted octanol–water partition coefficient (Wildman–Crippen LogP) is 6.25. The van der Waals surface area contributed by atoms with Gasteiger partial charge in [-0.25, -0.2) is 9.78 Å². The number of benzene rings is 3. The molecule has 212 valence electrons. The summed E-state index contributed by atoms with van der Waals surface area (Å²) in [4.78, 5) is 27.8. The molecular formula is C33H38N6O2. The first-order chi connectivity index (χ1) is 19.8. The molecule has 4 heterocycles. The van der Waals surface area contributed by atoms with Gasteiger partial charge in [0, 0.05) is 6.54 Å². The Balaban J connectivity index is 1.10. The van der Waals surface area contributed by atoms with Crippen molar-refractivity contribution < 1.29 is 9.53 Å². The van der Waals surface area contributed by atoms with Gasteiger partial charge in [-0.1, -0.05) is 30.3 Å². The summed E-state index contributed by atoms with van der Waals surface area (Å²) in [6, 6.07) is 20.3. The van der Waals surface area contributed by atoms with Crippen molar-refractivity contribution in [3.63, 3.8) is 0 Å². The van der Waals surface area contributed by atoms with Crippen LogP contribution < -0.4 is 10.6 Å². The Bertz CT molecular complexity index is 1640. The Hall–Kier alpha value is -3.91. The number of aromatic amines is 1. The number of fused-ring (bicyclic) bond motifs is 2. The molecule has 0 bridgehead atoms. The van der Waals surface area contributed by atoms with Crippen molar-refractivity contribution in [3.8, 4) is 11.1 Å². The number of imidazole rings is 1. The van der Waals surface area contributed by atoms with Crippen LogP contribution in [0.15, 0.2) is 59.6 Å². The van der Waals surface area contributed by atoms with Crippen LogP contribution in [0.25, 0.3) is 32.9 Å². The molecule has 8 heteroatoms. The van der Waals surface area contributed by atoms with E-state index in [9.17, 15) is 4.79 Å². The Morgan fingerprint density at radius 2 is 1.76 bits per heavy atom. The number of hydrogen-bond donors (Lipinski definition) is 3. The lowest BCUT2D eigenvalue weighted by Gasteiger charge is -2.27. The smallest absolute Gasteiger partial charge is 0.410 e. The first kappa shape index (κ1) is 26.0. The molecular weight excluding hydrogens is 512 g/mol. The lowest BCUT2D eigenvalue weighted by atomic mass is 9.98. The van der Waals surface area contributed by atoms with Crippen molar-refractivity contribution in [2.24, 2.45) is 4.99 Å². The molecule has 41 heavy (non-hydrogen) atoms. The average molecular weight is 551 g/mol. The van der Waals surface area contributed by atoms with E-state index < -0.39 is 5.60 Å². The van der Waals surface area contributed by atoms with Gasteiger partial charge < -0.3 is 20.4 Å². The van der Waals surface area contributed by atoms with Crippen LogP contribution in [0, 0.1) is 0 Å². The van der Waals surface area contributed by atoms with Crippen molar-refractivity contribution in [1.82, 2.24) is 25.5 Å². The van der Waals surface area contributed by atoms with Crippen LogP contribution in [-0.4, -0.2) is 58.1 Å². The number of hydrogen-bond acceptors (Lipinski definition) is 6. The summed E-state index contributed by atoms with van der Waals surface area (Å²) in [5, 5.41) is 9.65. The fourth-order valence-corrected chi connectivity index (χ4v) is 6.39. The standard InChI is InChI=1S/C33H38N6O2/c1-33(2,3)41-32(40)39-15-5-7-29(39)31-36-25-13-12-23(18-27(25)37-31)21-8-9-22-17-24(11-10-20(22)16-21)28-19-35-30(38-28)26-6-4-14-34-26/h8-13,16-18,26,28-29,34H,4-7,14-15,19H2,1-3H3,(H,35,38)(H,36,37)/t26-,28?,29-/m0/s1. The molecule has 2 fully saturated rings. The molecule has 1 aromatic heterocycles. The minimum Gasteiger partial charge on any atom is -0.444 e. The zero-order valence-electron chi connectivity index (χ0n) is 24.0. The van der Waals surface area contributed by atoms with Crippen LogP contribution in [0.1, 0.15) is 69.9 Å². The van der Waals surface area contributed by atoms with Gasteiger partial charge in [-0.05, 0) is 105 Å². The number of aromatic nitrogens is 2. The van der Waals surface area contributed by atoms with Gasteiger partial charge in [-0.3, -0.25) is 9.89 Å². The van der Waals surface area contributed by atoms with Crippen molar-refractivity contribution in [2.45, 2.75) is 70.2 Å². The van der Waals surface area contributed by atoms with E-state index in [-0.39, 0.29) is 18.2 Å². The molecule has 1 amide bonds. The van der Waals surface area contributed by atoms with Gasteiger partial charge in [-0.15, -0.1) is 0 Å². The third-order valence-electron chi connectivity index (χ3n) is 8.45. The molecule has 3 N–H and O–H groups in total. The topological polar surface area (TPSA) is 94.6 Å². The van der Waals surface area contributed by atoms with Crippen LogP contribution in [0.3, 0.4) is 0 Å². The summed E-state index contributed by atoms with van der Waals surface area (Å²) in [7, 11) is 0. The number of ether oxygens (including phenoxy) is 1. The molecule has 0 spiro atoms. The number of carbonyl (C=O) groups is 1. The van der Waals surface area contributed by atoms with E-state index >= 15 is 0 Å². The van der Waals surface area contributed by atoms with E-state index in [1.54, 1.807) is 4.90 Å².